The van der Waals surface area contributed by atoms with Crippen molar-refractivity contribution >= 4 is 19.4 Å². The maximum atomic E-state index is 12.5. The van der Waals surface area contributed by atoms with Gasteiger partial charge < -0.3 is 0 Å². The van der Waals surface area contributed by atoms with Crippen LogP contribution in [0.4, 0.5) is 0 Å². The van der Waals surface area contributed by atoms with Gasteiger partial charge in [-0.15, -0.1) is 0 Å². The number of nitrogens with one attached hydrogen (secondary N) is 1. The second kappa shape index (κ2) is 9.62. The monoisotopic (exact) mass is 482 g/mol. The van der Waals surface area contributed by atoms with E-state index in [0.717, 1.165) is 0 Å². The molecule has 8 heteroatoms. The van der Waals surface area contributed by atoms with E-state index in [4.69, 9.17) is 14.2 Å². The quantitative estimate of drug-likeness (QED) is 0.581. The van der Waals surface area contributed by atoms with Crippen LogP contribution in [0.2, 0.25) is 0 Å². The second-order valence-corrected chi connectivity index (χ2v) is 10.9. The third-order valence-corrected chi connectivity index (χ3v) is 7.58. The molecular weight excluding hydrogens is 451 g/mol. The first kappa shape index (κ1) is 23.0. The molecule has 2 aromatic rings. The summed E-state index contributed by atoms with van der Waals surface area (Å²) in [7, 11) is 0. The molecule has 0 unspecified atom stereocenters. The Balaban J connectivity index is 2.01. The van der Waals surface area contributed by atoms with Gasteiger partial charge in [0.25, 0.3) is 0 Å². The van der Waals surface area contributed by atoms with E-state index in [1.54, 1.807) is 13.1 Å². The third-order valence-electron chi connectivity index (χ3n) is 4.79. The van der Waals surface area contributed by atoms with Crippen molar-refractivity contribution in [3.63, 3.8) is 0 Å². The molecule has 0 spiro atoms. The Bertz CT molecular complexity index is 956. The van der Waals surface area contributed by atoms with Crippen molar-refractivity contribution in [2.24, 2.45) is 0 Å². The predicted molar refractivity (Wildman–Crippen MR) is 116 cm³/mol. The summed E-state index contributed by atoms with van der Waals surface area (Å²) in [5.41, 5.74) is -0.400. The van der Waals surface area contributed by atoms with E-state index >= 15 is 0 Å². The zero-order valence-corrected chi connectivity index (χ0v) is 19.8. The van der Waals surface area contributed by atoms with Crippen molar-refractivity contribution < 1.29 is 14.2 Å². The molecule has 3 atom stereocenters. The summed E-state index contributed by atoms with van der Waals surface area (Å²) in [6.45, 7) is 10.0. The Morgan fingerprint density at radius 3 is 2.53 bits per heavy atom. The fraction of sp³-hybridized carbons (Fsp3) is 0.545. The Morgan fingerprint density at radius 2 is 1.90 bits per heavy atom. The van der Waals surface area contributed by atoms with Crippen molar-refractivity contribution in [1.29, 1.82) is 0 Å². The van der Waals surface area contributed by atoms with Crippen molar-refractivity contribution in [3.05, 3.63) is 62.9 Å². The second-order valence-electron chi connectivity index (χ2n) is 8.05. The van der Waals surface area contributed by atoms with Crippen molar-refractivity contribution in [2.45, 2.75) is 70.1 Å². The molecule has 2 heterocycles. The number of nitrogens with zero attached hydrogens (tertiary/aromatic N) is 1. The summed E-state index contributed by atoms with van der Waals surface area (Å²) in [5.74, 6) is 0. The number of aromatic nitrogens is 2. The van der Waals surface area contributed by atoms with Gasteiger partial charge in [0.15, 0.2) is 0 Å². The van der Waals surface area contributed by atoms with E-state index in [0.29, 0.717) is 18.6 Å². The first-order valence-corrected chi connectivity index (χ1v) is 11.9. The molecule has 1 aromatic heterocycles. The molecule has 0 saturated carbocycles. The van der Waals surface area contributed by atoms with Gasteiger partial charge in [0.05, 0.1) is 0 Å². The van der Waals surface area contributed by atoms with Crippen LogP contribution in [0.15, 0.2) is 46.1 Å². The van der Waals surface area contributed by atoms with E-state index in [1.165, 1.54) is 9.03 Å². The number of ether oxygens (including phenoxy) is 3. The van der Waals surface area contributed by atoms with Crippen LogP contribution in [0.5, 0.6) is 0 Å². The summed E-state index contributed by atoms with van der Waals surface area (Å²) in [6, 6.07) is 10.2. The summed E-state index contributed by atoms with van der Waals surface area (Å²) in [6.07, 6.45) is 1.30. The number of benzene rings is 1. The predicted octanol–water partition coefficient (Wildman–Crippen LogP) is 1.71. The Labute approximate surface area is 182 Å². The molecule has 164 valence electrons. The molecule has 1 fully saturated rings. The molecule has 1 saturated heterocycles. The van der Waals surface area contributed by atoms with Crippen molar-refractivity contribution in [3.8, 4) is 0 Å². The van der Waals surface area contributed by atoms with E-state index in [-0.39, 0.29) is 38.8 Å². The maximum absolute atomic E-state index is 12.5. The van der Waals surface area contributed by atoms with E-state index in [2.05, 4.69) is 17.1 Å². The SMILES string of the molecule is Cc1cn([C@H]2C[C@@H](OC(C)C)[C@](COC(C)C)([Se]c3ccccc3)O2)c(=O)[nH]c1=O. The number of hydrogen-bond donors (Lipinski definition) is 1. The molecule has 1 N–H and O–H groups in total. The Hall–Kier alpha value is -1.70. The van der Waals surface area contributed by atoms with Gasteiger partial charge in [-0.2, -0.15) is 0 Å². The number of hydrogen-bond acceptors (Lipinski definition) is 5. The zero-order chi connectivity index (χ0) is 21.9. The van der Waals surface area contributed by atoms with Crippen molar-refractivity contribution in [1.82, 2.24) is 9.55 Å². The molecule has 3 rings (SSSR count). The topological polar surface area (TPSA) is 82.6 Å². The van der Waals surface area contributed by atoms with Crippen LogP contribution in [0.3, 0.4) is 0 Å². The number of aryl methyl sites for hydroxylation is 1. The van der Waals surface area contributed by atoms with Crippen molar-refractivity contribution in [2.75, 3.05) is 6.61 Å². The van der Waals surface area contributed by atoms with Gasteiger partial charge in [-0.25, -0.2) is 0 Å². The van der Waals surface area contributed by atoms with E-state index in [1.807, 2.05) is 45.9 Å². The molecule has 7 nitrogen and oxygen atoms in total. The molecule has 0 bridgehead atoms. The first-order chi connectivity index (χ1) is 14.2. The number of aromatic amines is 1. The van der Waals surface area contributed by atoms with Crippen LogP contribution >= 0.6 is 0 Å². The van der Waals surface area contributed by atoms with Crippen LogP contribution in [-0.2, 0) is 14.2 Å². The molecule has 1 aliphatic heterocycles. The number of rotatable bonds is 8. The van der Waals surface area contributed by atoms with Crippen LogP contribution in [0.25, 0.3) is 0 Å². The van der Waals surface area contributed by atoms with Crippen LogP contribution in [0.1, 0.15) is 45.9 Å². The van der Waals surface area contributed by atoms with Gasteiger partial charge in [0, 0.05) is 0 Å². The first-order valence-electron chi connectivity index (χ1n) is 10.2. The Morgan fingerprint density at radius 1 is 1.20 bits per heavy atom. The standard InChI is InChI=1S/C22H30N2O5Se/c1-14(2)27-13-22(30-17-9-7-6-8-10-17)18(28-15(3)4)11-19(29-22)24-12-16(5)20(25)23-21(24)26/h6-10,12,14-15,18-19H,11,13H2,1-5H3,(H,23,25,26)/t18-,19-,22+/m1/s1. The van der Waals surface area contributed by atoms with Gasteiger partial charge in [-0.1, -0.05) is 0 Å². The van der Waals surface area contributed by atoms with E-state index < -0.39 is 16.4 Å². The Kier molecular flexibility index (Phi) is 7.37. The van der Waals surface area contributed by atoms with Gasteiger partial charge in [-0.05, 0) is 0 Å². The normalized spacial score (nSPS) is 24.1. The zero-order valence-electron chi connectivity index (χ0n) is 18.1. The molecule has 1 aromatic carbocycles. The molecule has 0 radical (unpaired) electrons. The van der Waals surface area contributed by atoms with Crippen LogP contribution in [0, 0.1) is 6.92 Å². The van der Waals surface area contributed by atoms with Crippen LogP contribution in [-0.4, -0.2) is 53.9 Å². The average molecular weight is 481 g/mol. The van der Waals surface area contributed by atoms with E-state index in [9.17, 15) is 9.59 Å². The molecule has 1 aliphatic rings. The minimum atomic E-state index is -0.697. The van der Waals surface area contributed by atoms with Crippen LogP contribution < -0.4 is 15.7 Å². The molecular formula is C22H30N2O5Se. The molecule has 0 aliphatic carbocycles. The summed E-state index contributed by atoms with van der Waals surface area (Å²) >= 11 is -0.127. The summed E-state index contributed by atoms with van der Waals surface area (Å²) < 4.78 is 20.9. The van der Waals surface area contributed by atoms with Gasteiger partial charge >= 0.3 is 183 Å². The molecule has 0 amide bonds. The summed E-state index contributed by atoms with van der Waals surface area (Å²) in [4.78, 5) is 26.7. The summed E-state index contributed by atoms with van der Waals surface area (Å²) in [5, 5.41) is 0. The minimum absolute atomic E-state index is 0.00335. The number of H-pyrrole nitrogens is 1. The fourth-order valence-corrected chi connectivity index (χ4v) is 6.04. The van der Waals surface area contributed by atoms with Gasteiger partial charge in [0.1, 0.15) is 0 Å². The van der Waals surface area contributed by atoms with Gasteiger partial charge in [0.2, 0.25) is 0 Å². The van der Waals surface area contributed by atoms with Gasteiger partial charge in [-0.3, -0.25) is 0 Å². The molecule has 30 heavy (non-hydrogen) atoms. The average Bonchev–Trinajstić information content (AvgIpc) is 3.01. The fourth-order valence-electron chi connectivity index (χ4n) is 3.39. The third kappa shape index (κ3) is 5.31.